The van der Waals surface area contributed by atoms with Gasteiger partial charge in [0.15, 0.2) is 0 Å². The summed E-state index contributed by atoms with van der Waals surface area (Å²) < 4.78 is 36.8. The Hall–Kier alpha value is -2.14. The molecule has 25 heavy (non-hydrogen) atoms. The lowest BCUT2D eigenvalue weighted by atomic mass is 10.0. The summed E-state index contributed by atoms with van der Waals surface area (Å²) >= 11 is 6.19. The molecule has 3 nitrogen and oxygen atoms in total. The number of carbonyl (C=O) groups excluding carboxylic acids is 1. The summed E-state index contributed by atoms with van der Waals surface area (Å²) in [4.78, 5) is 11.5. The molecule has 0 aliphatic heterocycles. The monoisotopic (exact) mass is 368 g/mol. The van der Waals surface area contributed by atoms with Crippen molar-refractivity contribution in [1.29, 1.82) is 0 Å². The van der Waals surface area contributed by atoms with Crippen LogP contribution in [0.2, 0.25) is 5.02 Å². The molecule has 2 aromatic carbocycles. The number of ether oxygens (including phenoxy) is 2. The van der Waals surface area contributed by atoms with Crippen molar-refractivity contribution >= 4 is 17.6 Å². The lowest BCUT2D eigenvalue weighted by molar-refractivity contribution is -0.139. The zero-order valence-corrected chi connectivity index (χ0v) is 14.8. The average Bonchev–Trinajstić information content (AvgIpc) is 2.60. The molecule has 0 saturated heterocycles. The van der Waals surface area contributed by atoms with Crippen LogP contribution >= 0.6 is 11.6 Å². The summed E-state index contributed by atoms with van der Waals surface area (Å²) in [6.45, 7) is 1.88. The SMILES string of the molecule is CCc1ccc(OCc2c(Cl)cccc2CC(=O)OC)c(C(F)F)c1. The molecule has 0 saturated carbocycles. The molecular formula is C19H19ClF2O3. The van der Waals surface area contributed by atoms with Gasteiger partial charge >= 0.3 is 5.97 Å². The van der Waals surface area contributed by atoms with Crippen molar-refractivity contribution in [2.75, 3.05) is 7.11 Å². The van der Waals surface area contributed by atoms with Gasteiger partial charge in [-0.1, -0.05) is 36.7 Å². The van der Waals surface area contributed by atoms with E-state index in [2.05, 4.69) is 4.74 Å². The van der Waals surface area contributed by atoms with Crippen molar-refractivity contribution in [3.05, 3.63) is 63.7 Å². The summed E-state index contributed by atoms with van der Waals surface area (Å²) in [6.07, 6.45) is -1.94. The van der Waals surface area contributed by atoms with Gasteiger partial charge in [0.1, 0.15) is 12.4 Å². The predicted molar refractivity (Wildman–Crippen MR) is 92.3 cm³/mol. The molecule has 0 unspecified atom stereocenters. The van der Waals surface area contributed by atoms with Gasteiger partial charge in [0.2, 0.25) is 0 Å². The fraction of sp³-hybridized carbons (Fsp3) is 0.316. The molecular weight excluding hydrogens is 350 g/mol. The first-order chi connectivity index (χ1) is 12.0. The molecule has 0 heterocycles. The molecule has 0 aliphatic rings. The minimum Gasteiger partial charge on any atom is -0.488 e. The van der Waals surface area contributed by atoms with E-state index in [-0.39, 0.29) is 24.3 Å². The molecule has 0 atom stereocenters. The van der Waals surface area contributed by atoms with Crippen LogP contribution in [0.3, 0.4) is 0 Å². The van der Waals surface area contributed by atoms with Gasteiger partial charge in [-0.3, -0.25) is 4.79 Å². The highest BCUT2D eigenvalue weighted by Crippen LogP contribution is 2.32. The van der Waals surface area contributed by atoms with Gasteiger partial charge in [0.05, 0.1) is 19.1 Å². The van der Waals surface area contributed by atoms with E-state index in [0.717, 1.165) is 5.56 Å². The fourth-order valence-corrected chi connectivity index (χ4v) is 2.68. The molecule has 2 rings (SSSR count). The Bertz CT molecular complexity index is 747. The van der Waals surface area contributed by atoms with Crippen molar-refractivity contribution in [2.24, 2.45) is 0 Å². The zero-order valence-electron chi connectivity index (χ0n) is 14.0. The largest absolute Gasteiger partial charge is 0.488 e. The number of halogens is 3. The van der Waals surface area contributed by atoms with E-state index in [1.165, 1.54) is 19.2 Å². The van der Waals surface area contributed by atoms with Crippen molar-refractivity contribution in [1.82, 2.24) is 0 Å². The molecule has 0 bridgehead atoms. The van der Waals surface area contributed by atoms with Crippen molar-refractivity contribution in [2.45, 2.75) is 32.8 Å². The van der Waals surface area contributed by atoms with Crippen LogP contribution in [0.15, 0.2) is 36.4 Å². The molecule has 2 aromatic rings. The Morgan fingerprint density at radius 2 is 2.00 bits per heavy atom. The van der Waals surface area contributed by atoms with Crippen LogP contribution < -0.4 is 4.74 Å². The normalized spacial score (nSPS) is 10.8. The van der Waals surface area contributed by atoms with Gasteiger partial charge in [-0.05, 0) is 35.7 Å². The molecule has 0 fully saturated rings. The molecule has 0 amide bonds. The number of alkyl halides is 2. The number of aryl methyl sites for hydroxylation is 1. The van der Waals surface area contributed by atoms with Crippen molar-refractivity contribution in [3.8, 4) is 5.75 Å². The topological polar surface area (TPSA) is 35.5 Å². The number of hydrogen-bond donors (Lipinski definition) is 0. The maximum Gasteiger partial charge on any atom is 0.309 e. The third kappa shape index (κ3) is 4.92. The number of rotatable bonds is 7. The van der Waals surface area contributed by atoms with Gasteiger partial charge in [-0.15, -0.1) is 0 Å². The highest BCUT2D eigenvalue weighted by Gasteiger charge is 2.17. The summed E-state index contributed by atoms with van der Waals surface area (Å²) in [5.74, 6) is -0.305. The second-order valence-corrected chi connectivity index (χ2v) is 5.85. The van der Waals surface area contributed by atoms with Gasteiger partial charge in [-0.2, -0.15) is 0 Å². The number of methoxy groups -OCH3 is 1. The third-order valence-corrected chi connectivity index (χ3v) is 4.22. The van der Waals surface area contributed by atoms with Gasteiger partial charge < -0.3 is 9.47 Å². The van der Waals surface area contributed by atoms with E-state index in [4.69, 9.17) is 16.3 Å². The van der Waals surface area contributed by atoms with Crippen molar-refractivity contribution < 1.29 is 23.0 Å². The Labute approximate surface area is 150 Å². The van der Waals surface area contributed by atoms with Crippen molar-refractivity contribution in [3.63, 3.8) is 0 Å². The Balaban J connectivity index is 2.26. The maximum absolute atomic E-state index is 13.3. The van der Waals surface area contributed by atoms with Crippen LogP contribution in [0.4, 0.5) is 8.78 Å². The maximum atomic E-state index is 13.3. The quantitative estimate of drug-likeness (QED) is 0.635. The minimum atomic E-state index is -2.64. The lowest BCUT2D eigenvalue weighted by Crippen LogP contribution is -2.09. The standard InChI is InChI=1S/C19H19ClF2O3/c1-3-12-7-8-17(14(9-12)19(21)22)25-11-15-13(10-18(23)24-2)5-4-6-16(15)20/h4-9,19H,3,10-11H2,1-2H3. The van der Waals surface area contributed by atoms with Gasteiger partial charge in [0, 0.05) is 10.6 Å². The van der Waals surface area contributed by atoms with Crippen LogP contribution in [-0.4, -0.2) is 13.1 Å². The van der Waals surface area contributed by atoms with E-state index in [9.17, 15) is 13.6 Å². The summed E-state index contributed by atoms with van der Waals surface area (Å²) in [5.41, 5.74) is 1.88. The molecule has 0 aliphatic carbocycles. The minimum absolute atomic E-state index is 0.0167. The molecule has 0 spiro atoms. The van der Waals surface area contributed by atoms with Crippen LogP contribution in [0, 0.1) is 0 Å². The average molecular weight is 369 g/mol. The van der Waals surface area contributed by atoms with E-state index < -0.39 is 12.4 Å². The Morgan fingerprint density at radius 3 is 2.64 bits per heavy atom. The molecule has 0 N–H and O–H groups in total. The van der Waals surface area contributed by atoms with Crippen LogP contribution in [0.5, 0.6) is 5.75 Å². The molecule has 134 valence electrons. The molecule has 0 radical (unpaired) electrons. The van der Waals surface area contributed by atoms with E-state index >= 15 is 0 Å². The highest BCUT2D eigenvalue weighted by atomic mass is 35.5. The van der Waals surface area contributed by atoms with Gasteiger partial charge in [0.25, 0.3) is 6.43 Å². The summed E-state index contributed by atoms with van der Waals surface area (Å²) in [7, 11) is 1.30. The van der Waals surface area contributed by atoms with E-state index in [1.54, 1.807) is 24.3 Å². The number of carbonyl (C=O) groups is 1. The lowest BCUT2D eigenvalue weighted by Gasteiger charge is -2.15. The second-order valence-electron chi connectivity index (χ2n) is 5.45. The highest BCUT2D eigenvalue weighted by molar-refractivity contribution is 6.31. The first-order valence-electron chi connectivity index (χ1n) is 7.83. The van der Waals surface area contributed by atoms with E-state index in [0.29, 0.717) is 22.6 Å². The molecule has 0 aromatic heterocycles. The Morgan fingerprint density at radius 1 is 1.24 bits per heavy atom. The fourth-order valence-electron chi connectivity index (χ4n) is 2.43. The summed E-state index contributed by atoms with van der Waals surface area (Å²) in [6, 6.07) is 9.85. The second kappa shape index (κ2) is 8.81. The number of hydrogen-bond acceptors (Lipinski definition) is 3. The predicted octanol–water partition coefficient (Wildman–Crippen LogP) is 5.13. The first kappa shape index (κ1) is 19.2. The smallest absolute Gasteiger partial charge is 0.309 e. The molecule has 6 heteroatoms. The van der Waals surface area contributed by atoms with Crippen LogP contribution in [0.1, 0.15) is 35.6 Å². The number of esters is 1. The summed E-state index contributed by atoms with van der Waals surface area (Å²) in [5, 5.41) is 0.408. The Kier molecular flexibility index (Phi) is 6.76. The third-order valence-electron chi connectivity index (χ3n) is 3.87. The van der Waals surface area contributed by atoms with E-state index in [1.807, 2.05) is 6.92 Å². The zero-order chi connectivity index (χ0) is 18.4. The number of benzene rings is 2. The van der Waals surface area contributed by atoms with Gasteiger partial charge in [-0.25, -0.2) is 8.78 Å². The van der Waals surface area contributed by atoms with Crippen LogP contribution in [-0.2, 0) is 29.0 Å². The first-order valence-corrected chi connectivity index (χ1v) is 8.20. The van der Waals surface area contributed by atoms with Crippen LogP contribution in [0.25, 0.3) is 0 Å².